The maximum absolute atomic E-state index is 13.0. The van der Waals surface area contributed by atoms with E-state index in [9.17, 15) is 9.59 Å². The Labute approximate surface area is 189 Å². The van der Waals surface area contributed by atoms with E-state index in [4.69, 9.17) is 9.47 Å². The van der Waals surface area contributed by atoms with Crippen LogP contribution in [0.15, 0.2) is 60.8 Å². The van der Waals surface area contributed by atoms with Crippen molar-refractivity contribution in [1.82, 2.24) is 9.97 Å². The van der Waals surface area contributed by atoms with Gasteiger partial charge in [-0.15, -0.1) is 0 Å². The highest BCUT2D eigenvalue weighted by Crippen LogP contribution is 2.26. The van der Waals surface area contributed by atoms with Gasteiger partial charge in [-0.3, -0.25) is 9.59 Å². The van der Waals surface area contributed by atoms with Crippen LogP contribution in [-0.4, -0.2) is 34.1 Å². The number of esters is 2. The van der Waals surface area contributed by atoms with E-state index >= 15 is 0 Å². The van der Waals surface area contributed by atoms with E-state index in [2.05, 4.69) is 9.97 Å². The van der Waals surface area contributed by atoms with E-state index in [-0.39, 0.29) is 18.4 Å². The molecule has 32 heavy (non-hydrogen) atoms. The normalized spacial score (nSPS) is 12.2. The molecule has 6 nitrogen and oxygen atoms in total. The van der Waals surface area contributed by atoms with Gasteiger partial charge in [0.15, 0.2) is 0 Å². The zero-order chi connectivity index (χ0) is 23.1. The number of aromatic nitrogens is 2. The fraction of sp³-hybridized carbons (Fsp3) is 0.346. The summed E-state index contributed by atoms with van der Waals surface area (Å²) in [7, 11) is 0. The van der Waals surface area contributed by atoms with Crippen LogP contribution in [0.2, 0.25) is 0 Å². The quantitative estimate of drug-likeness (QED) is 0.513. The summed E-state index contributed by atoms with van der Waals surface area (Å²) in [6, 6.07) is 17.5. The number of hydrogen-bond acceptors (Lipinski definition) is 5. The summed E-state index contributed by atoms with van der Waals surface area (Å²) >= 11 is 0. The molecule has 0 saturated heterocycles. The maximum atomic E-state index is 13.0. The number of aromatic amines is 1. The molecule has 1 atom stereocenters. The maximum Gasteiger partial charge on any atom is 0.317 e. The number of ether oxygens (including phenoxy) is 2. The Kier molecular flexibility index (Phi) is 7.46. The molecular weight excluding hydrogens is 404 g/mol. The van der Waals surface area contributed by atoms with Gasteiger partial charge in [0.05, 0.1) is 24.9 Å². The third-order valence-electron chi connectivity index (χ3n) is 4.82. The summed E-state index contributed by atoms with van der Waals surface area (Å²) in [5.41, 5.74) is 3.03. The fourth-order valence-electron chi connectivity index (χ4n) is 3.36. The number of carbonyl (C=O) groups excluding carboxylic acids is 2. The van der Waals surface area contributed by atoms with Crippen molar-refractivity contribution in [3.63, 3.8) is 0 Å². The summed E-state index contributed by atoms with van der Waals surface area (Å²) in [5.74, 6) is -0.542. The van der Waals surface area contributed by atoms with Gasteiger partial charge in [0, 0.05) is 0 Å². The Hall–Kier alpha value is -3.41. The fourth-order valence-corrected chi connectivity index (χ4v) is 3.36. The predicted octanol–water partition coefficient (Wildman–Crippen LogP) is 4.85. The van der Waals surface area contributed by atoms with Crippen LogP contribution in [0.4, 0.5) is 0 Å². The number of benzene rings is 2. The van der Waals surface area contributed by atoms with Crippen LogP contribution in [-0.2, 0) is 31.9 Å². The Morgan fingerprint density at radius 1 is 1.00 bits per heavy atom. The summed E-state index contributed by atoms with van der Waals surface area (Å²) in [5, 5.41) is 0. The number of nitrogens with one attached hydrogen (secondary N) is 1. The minimum atomic E-state index is -0.587. The van der Waals surface area contributed by atoms with Crippen molar-refractivity contribution < 1.29 is 19.1 Å². The van der Waals surface area contributed by atoms with Gasteiger partial charge < -0.3 is 14.5 Å². The molecule has 0 unspecified atom stereocenters. The second kappa shape index (κ2) is 10.3. The van der Waals surface area contributed by atoms with E-state index in [1.807, 2.05) is 75.4 Å². The number of rotatable bonds is 8. The molecule has 1 N–H and O–H groups in total. The van der Waals surface area contributed by atoms with Gasteiger partial charge >= 0.3 is 11.9 Å². The number of carbonyl (C=O) groups is 2. The molecule has 3 aromatic rings. The van der Waals surface area contributed by atoms with E-state index in [0.717, 1.165) is 22.4 Å². The van der Waals surface area contributed by atoms with E-state index < -0.39 is 11.5 Å². The zero-order valence-corrected chi connectivity index (χ0v) is 19.1. The highest BCUT2D eigenvalue weighted by atomic mass is 16.6. The Morgan fingerprint density at radius 2 is 1.69 bits per heavy atom. The number of hydrogen-bond donors (Lipinski definition) is 1. The minimum absolute atomic E-state index is 0.236. The van der Waals surface area contributed by atoms with Crippen molar-refractivity contribution in [2.24, 2.45) is 0 Å². The van der Waals surface area contributed by atoms with E-state index in [0.29, 0.717) is 18.9 Å². The van der Waals surface area contributed by atoms with Crippen molar-refractivity contribution in [3.05, 3.63) is 77.7 Å². The monoisotopic (exact) mass is 434 g/mol. The van der Waals surface area contributed by atoms with Crippen LogP contribution in [0, 0.1) is 0 Å². The molecule has 0 amide bonds. The van der Waals surface area contributed by atoms with Gasteiger partial charge in [0.1, 0.15) is 17.3 Å². The molecule has 0 aliphatic heterocycles. The van der Waals surface area contributed by atoms with Gasteiger partial charge in [-0.05, 0) is 50.8 Å². The Morgan fingerprint density at radius 3 is 2.31 bits per heavy atom. The molecule has 6 heteroatoms. The van der Waals surface area contributed by atoms with Crippen molar-refractivity contribution in [2.45, 2.75) is 52.1 Å². The molecular formula is C26H30N2O4. The van der Waals surface area contributed by atoms with Gasteiger partial charge in [0.2, 0.25) is 0 Å². The molecule has 1 heterocycles. The number of H-pyrrole nitrogens is 1. The first kappa shape index (κ1) is 23.3. The average molecular weight is 435 g/mol. The second-order valence-corrected chi connectivity index (χ2v) is 8.64. The zero-order valence-electron chi connectivity index (χ0n) is 19.1. The van der Waals surface area contributed by atoms with Crippen molar-refractivity contribution in [3.8, 4) is 11.3 Å². The molecule has 0 aliphatic rings. The molecule has 3 rings (SSSR count). The summed E-state index contributed by atoms with van der Waals surface area (Å²) < 4.78 is 10.7. The van der Waals surface area contributed by atoms with E-state index in [1.165, 1.54) is 0 Å². The Balaban J connectivity index is 1.81. The average Bonchev–Trinajstić information content (AvgIpc) is 3.22. The first-order valence-corrected chi connectivity index (χ1v) is 10.8. The van der Waals surface area contributed by atoms with Gasteiger partial charge in [-0.25, -0.2) is 4.98 Å². The lowest BCUT2D eigenvalue weighted by molar-refractivity contribution is -0.157. The molecule has 2 aromatic carbocycles. The van der Waals surface area contributed by atoms with Crippen LogP contribution in [0.1, 0.15) is 50.6 Å². The van der Waals surface area contributed by atoms with Gasteiger partial charge in [-0.2, -0.15) is 0 Å². The van der Waals surface area contributed by atoms with E-state index in [1.54, 1.807) is 13.1 Å². The minimum Gasteiger partial charge on any atom is -0.466 e. The molecule has 0 bridgehead atoms. The highest BCUT2D eigenvalue weighted by Gasteiger charge is 2.29. The first-order chi connectivity index (χ1) is 15.2. The highest BCUT2D eigenvalue weighted by molar-refractivity contribution is 5.78. The lowest BCUT2D eigenvalue weighted by atomic mass is 9.98. The van der Waals surface area contributed by atoms with Crippen LogP contribution in [0.3, 0.4) is 0 Å². The molecule has 0 saturated carbocycles. The van der Waals surface area contributed by atoms with Crippen LogP contribution in [0.25, 0.3) is 11.3 Å². The molecule has 0 spiro atoms. The molecule has 168 valence electrons. The summed E-state index contributed by atoms with van der Waals surface area (Å²) in [6.07, 6.45) is 2.44. The van der Waals surface area contributed by atoms with Crippen molar-refractivity contribution >= 4 is 11.9 Å². The summed E-state index contributed by atoms with van der Waals surface area (Å²) in [6.45, 7) is 7.73. The lowest BCUT2D eigenvalue weighted by Crippen LogP contribution is -2.29. The number of nitrogens with zero attached hydrogens (tertiary/aromatic N) is 1. The standard InChI is InChI=1S/C26H30N2O4/c1-5-31-23(29)16-19-11-13-20(14-12-19)22-17-27-24(28-22)21(25(30)32-26(2,3)4)15-18-9-7-6-8-10-18/h6-14,17,21H,5,15-16H2,1-4H3,(H,27,28)/t21-/m0/s1. The second-order valence-electron chi connectivity index (χ2n) is 8.64. The molecule has 1 aromatic heterocycles. The van der Waals surface area contributed by atoms with Gasteiger partial charge in [-0.1, -0.05) is 54.6 Å². The third-order valence-corrected chi connectivity index (χ3v) is 4.82. The Bertz CT molecular complexity index is 1030. The largest absolute Gasteiger partial charge is 0.466 e. The lowest BCUT2D eigenvalue weighted by Gasteiger charge is -2.23. The number of imidazole rings is 1. The van der Waals surface area contributed by atoms with Crippen LogP contribution in [0.5, 0.6) is 0 Å². The van der Waals surface area contributed by atoms with Crippen LogP contribution >= 0.6 is 0 Å². The SMILES string of the molecule is CCOC(=O)Cc1ccc(-c2cnc([C@H](Cc3ccccc3)C(=O)OC(C)(C)C)[nH]2)cc1. The smallest absolute Gasteiger partial charge is 0.317 e. The van der Waals surface area contributed by atoms with Crippen molar-refractivity contribution in [2.75, 3.05) is 6.61 Å². The first-order valence-electron chi connectivity index (χ1n) is 10.8. The van der Waals surface area contributed by atoms with Gasteiger partial charge in [0.25, 0.3) is 0 Å². The molecule has 0 radical (unpaired) electrons. The molecule has 0 fully saturated rings. The van der Waals surface area contributed by atoms with Crippen LogP contribution < -0.4 is 0 Å². The molecule has 0 aliphatic carbocycles. The summed E-state index contributed by atoms with van der Waals surface area (Å²) in [4.78, 5) is 32.5. The topological polar surface area (TPSA) is 81.3 Å². The van der Waals surface area contributed by atoms with Crippen molar-refractivity contribution in [1.29, 1.82) is 0 Å². The third kappa shape index (κ3) is 6.54. The predicted molar refractivity (Wildman–Crippen MR) is 123 cm³/mol.